The molecule has 0 unspecified atom stereocenters. The third kappa shape index (κ3) is 5.54. The number of piperidine rings is 1. The van der Waals surface area contributed by atoms with Crippen LogP contribution in [-0.4, -0.2) is 64.1 Å². The predicted octanol–water partition coefficient (Wildman–Crippen LogP) is 4.53. The molecule has 34 heavy (non-hydrogen) atoms. The Balaban J connectivity index is 1.19. The first-order chi connectivity index (χ1) is 16.3. The standard InChI is InChI=1S/C23H29F3N4O4/c24-23(25,26)22(9-1-2-10-22)34-21(31)30-13-7-18(8-14-30)32-16-3-5-17(6-4-16)33-20-19(15-27)28-11-12-29-20/h11-12,16-18H,1-10,13-14H2. The van der Waals surface area contributed by atoms with Gasteiger partial charge in [-0.25, -0.2) is 14.8 Å². The summed E-state index contributed by atoms with van der Waals surface area (Å²) in [5, 5.41) is 9.11. The van der Waals surface area contributed by atoms with E-state index in [2.05, 4.69) is 9.97 Å². The summed E-state index contributed by atoms with van der Waals surface area (Å²) in [7, 11) is 0. The van der Waals surface area contributed by atoms with Gasteiger partial charge in [0.05, 0.1) is 12.2 Å². The van der Waals surface area contributed by atoms with Crippen LogP contribution in [-0.2, 0) is 9.47 Å². The van der Waals surface area contributed by atoms with E-state index in [-0.39, 0.29) is 42.7 Å². The van der Waals surface area contributed by atoms with Crippen LogP contribution in [0.4, 0.5) is 18.0 Å². The first-order valence-corrected chi connectivity index (χ1v) is 11.9. The Morgan fingerprint density at radius 1 is 1.00 bits per heavy atom. The van der Waals surface area contributed by atoms with Crippen molar-refractivity contribution < 1.29 is 32.2 Å². The lowest BCUT2D eigenvalue weighted by atomic mass is 9.94. The number of rotatable bonds is 5. The fourth-order valence-corrected chi connectivity index (χ4v) is 5.00. The van der Waals surface area contributed by atoms with E-state index in [0.717, 1.165) is 25.7 Å². The van der Waals surface area contributed by atoms with Crippen LogP contribution in [0.3, 0.4) is 0 Å². The quantitative estimate of drug-likeness (QED) is 0.608. The van der Waals surface area contributed by atoms with E-state index in [1.807, 2.05) is 6.07 Å². The number of halogens is 3. The average molecular weight is 483 g/mol. The highest BCUT2D eigenvalue weighted by molar-refractivity contribution is 5.68. The molecule has 0 atom stereocenters. The highest BCUT2D eigenvalue weighted by atomic mass is 19.4. The fourth-order valence-electron chi connectivity index (χ4n) is 5.00. The molecule has 1 aliphatic heterocycles. The minimum atomic E-state index is -4.55. The third-order valence-corrected chi connectivity index (χ3v) is 6.97. The van der Waals surface area contributed by atoms with Gasteiger partial charge >= 0.3 is 12.3 Å². The van der Waals surface area contributed by atoms with Gasteiger partial charge in [0.2, 0.25) is 11.3 Å². The van der Waals surface area contributed by atoms with Gasteiger partial charge in [-0.05, 0) is 64.2 Å². The summed E-state index contributed by atoms with van der Waals surface area (Å²) in [4.78, 5) is 21.9. The second-order valence-corrected chi connectivity index (χ2v) is 9.23. The van der Waals surface area contributed by atoms with Crippen molar-refractivity contribution in [3.63, 3.8) is 0 Å². The minimum absolute atomic E-state index is 0.0419. The number of hydrogen-bond acceptors (Lipinski definition) is 7. The number of nitriles is 1. The number of nitrogens with zero attached hydrogens (tertiary/aromatic N) is 4. The van der Waals surface area contributed by atoms with Crippen molar-refractivity contribution >= 4 is 6.09 Å². The van der Waals surface area contributed by atoms with Gasteiger partial charge < -0.3 is 19.1 Å². The number of amides is 1. The fraction of sp³-hybridized carbons (Fsp3) is 0.739. The average Bonchev–Trinajstić information content (AvgIpc) is 3.31. The number of aromatic nitrogens is 2. The Labute approximate surface area is 196 Å². The van der Waals surface area contributed by atoms with Crippen LogP contribution in [0.25, 0.3) is 0 Å². The van der Waals surface area contributed by atoms with Gasteiger partial charge in [0.1, 0.15) is 12.2 Å². The number of hydrogen-bond donors (Lipinski definition) is 0. The Kier molecular flexibility index (Phi) is 7.45. The molecule has 1 amide bonds. The molecule has 0 aromatic carbocycles. The highest BCUT2D eigenvalue weighted by Gasteiger charge is 2.59. The maximum absolute atomic E-state index is 13.5. The van der Waals surface area contributed by atoms with E-state index in [4.69, 9.17) is 19.5 Å². The number of likely N-dealkylation sites (tertiary alicyclic amines) is 1. The zero-order valence-corrected chi connectivity index (χ0v) is 18.9. The summed E-state index contributed by atoms with van der Waals surface area (Å²) in [6.45, 7) is 0.638. The molecule has 0 N–H and O–H groups in total. The summed E-state index contributed by atoms with van der Waals surface area (Å²) in [6, 6.07) is 1.97. The summed E-state index contributed by atoms with van der Waals surface area (Å²) in [5.74, 6) is 0.249. The van der Waals surface area contributed by atoms with Crippen LogP contribution in [0.2, 0.25) is 0 Å². The van der Waals surface area contributed by atoms with Crippen molar-refractivity contribution in [2.45, 2.75) is 94.3 Å². The van der Waals surface area contributed by atoms with Crippen molar-refractivity contribution in [2.24, 2.45) is 0 Å². The number of alkyl halides is 3. The maximum Gasteiger partial charge on any atom is 0.428 e. The van der Waals surface area contributed by atoms with E-state index in [0.29, 0.717) is 38.8 Å². The molecule has 186 valence electrons. The molecule has 2 saturated carbocycles. The van der Waals surface area contributed by atoms with Crippen LogP contribution in [0.5, 0.6) is 5.88 Å². The van der Waals surface area contributed by atoms with Gasteiger partial charge in [-0.3, -0.25) is 0 Å². The van der Waals surface area contributed by atoms with E-state index in [1.165, 1.54) is 17.3 Å². The summed E-state index contributed by atoms with van der Waals surface area (Å²) < 4.78 is 57.6. The molecular formula is C23H29F3N4O4. The van der Waals surface area contributed by atoms with Gasteiger partial charge in [-0.15, -0.1) is 0 Å². The molecule has 11 heteroatoms. The molecule has 1 aromatic rings. The molecule has 2 heterocycles. The molecule has 0 radical (unpaired) electrons. The molecule has 3 aliphatic rings. The first kappa shape index (κ1) is 24.5. The van der Waals surface area contributed by atoms with Crippen LogP contribution in [0.15, 0.2) is 12.4 Å². The molecule has 3 fully saturated rings. The van der Waals surface area contributed by atoms with E-state index in [9.17, 15) is 18.0 Å². The molecule has 0 bridgehead atoms. The van der Waals surface area contributed by atoms with Crippen molar-refractivity contribution in [2.75, 3.05) is 13.1 Å². The Hall–Kier alpha value is -2.61. The van der Waals surface area contributed by atoms with Gasteiger partial charge in [0.15, 0.2) is 0 Å². The predicted molar refractivity (Wildman–Crippen MR) is 113 cm³/mol. The van der Waals surface area contributed by atoms with Crippen LogP contribution >= 0.6 is 0 Å². The zero-order chi connectivity index (χ0) is 24.2. The largest absolute Gasteiger partial charge is 0.472 e. The van der Waals surface area contributed by atoms with Crippen LogP contribution < -0.4 is 4.74 Å². The van der Waals surface area contributed by atoms with Crippen LogP contribution in [0, 0.1) is 11.3 Å². The van der Waals surface area contributed by atoms with Gasteiger partial charge in [-0.1, -0.05) is 0 Å². The first-order valence-electron chi connectivity index (χ1n) is 11.9. The Bertz CT molecular complexity index is 885. The number of carbonyl (C=O) groups excluding carboxylic acids is 1. The number of ether oxygens (including phenoxy) is 3. The molecule has 0 spiro atoms. The topological polar surface area (TPSA) is 97.6 Å². The second-order valence-electron chi connectivity index (χ2n) is 9.23. The number of carbonyl (C=O) groups is 1. The Morgan fingerprint density at radius 3 is 2.21 bits per heavy atom. The highest BCUT2D eigenvalue weighted by Crippen LogP contribution is 2.46. The smallest absolute Gasteiger partial charge is 0.428 e. The van der Waals surface area contributed by atoms with Crippen LogP contribution in [0.1, 0.15) is 69.9 Å². The lowest BCUT2D eigenvalue weighted by molar-refractivity contribution is -0.258. The molecule has 2 aliphatic carbocycles. The summed E-state index contributed by atoms with van der Waals surface area (Å²) in [5.41, 5.74) is -2.17. The van der Waals surface area contributed by atoms with E-state index >= 15 is 0 Å². The summed E-state index contributed by atoms with van der Waals surface area (Å²) >= 11 is 0. The Morgan fingerprint density at radius 2 is 1.59 bits per heavy atom. The van der Waals surface area contributed by atoms with Gasteiger partial charge in [0, 0.05) is 25.5 Å². The molecular weight excluding hydrogens is 453 g/mol. The third-order valence-electron chi connectivity index (χ3n) is 6.97. The summed E-state index contributed by atoms with van der Waals surface area (Å²) in [6.07, 6.45) is 2.21. The van der Waals surface area contributed by atoms with Crippen molar-refractivity contribution in [1.82, 2.24) is 14.9 Å². The lowest BCUT2D eigenvalue weighted by Crippen LogP contribution is -2.51. The van der Waals surface area contributed by atoms with Gasteiger partial charge in [0.25, 0.3) is 5.88 Å². The molecule has 1 aromatic heterocycles. The van der Waals surface area contributed by atoms with Crippen molar-refractivity contribution in [3.05, 3.63) is 18.1 Å². The normalized spacial score (nSPS) is 25.5. The maximum atomic E-state index is 13.5. The SMILES string of the molecule is N#Cc1nccnc1OC1CCC(OC2CCN(C(=O)OC3(C(F)(F)F)CCCC3)CC2)CC1. The zero-order valence-electron chi connectivity index (χ0n) is 18.9. The minimum Gasteiger partial charge on any atom is -0.472 e. The molecule has 4 rings (SSSR count). The van der Waals surface area contributed by atoms with Crippen molar-refractivity contribution in [3.8, 4) is 11.9 Å². The molecule has 8 nitrogen and oxygen atoms in total. The monoisotopic (exact) mass is 482 g/mol. The van der Waals surface area contributed by atoms with Gasteiger partial charge in [-0.2, -0.15) is 18.4 Å². The second kappa shape index (κ2) is 10.3. The molecule has 1 saturated heterocycles. The lowest BCUT2D eigenvalue weighted by Gasteiger charge is -2.38. The van der Waals surface area contributed by atoms with E-state index < -0.39 is 17.9 Å². The van der Waals surface area contributed by atoms with E-state index in [1.54, 1.807) is 0 Å². The van der Waals surface area contributed by atoms with Crippen molar-refractivity contribution in [1.29, 1.82) is 5.26 Å².